The molecule has 52 heavy (non-hydrogen) atoms. The summed E-state index contributed by atoms with van der Waals surface area (Å²) in [6.07, 6.45) is -4.99. The number of hydrogen-bond acceptors (Lipinski definition) is 6. The van der Waals surface area contributed by atoms with Gasteiger partial charge in [0.05, 0.1) is 30.7 Å². The Kier molecular flexibility index (Phi) is 10.0. The molecule has 0 N–H and O–H groups in total. The Morgan fingerprint density at radius 3 is 1.94 bits per heavy atom. The van der Waals surface area contributed by atoms with Crippen LogP contribution in [0.25, 0.3) is 0 Å². The Morgan fingerprint density at radius 2 is 1.37 bits per heavy atom. The zero-order valence-electron chi connectivity index (χ0n) is 28.5. The number of benzene rings is 4. The average molecular weight is 704 g/mol. The summed E-state index contributed by atoms with van der Waals surface area (Å²) in [5.41, 5.74) is 0.497. The van der Waals surface area contributed by atoms with E-state index < -0.39 is 35.5 Å². The standard InChI is InChI=1S/C42H33F4N3O3/c1-40(36-22-28(11-20-37(36)43)9-10-29-21-30(25-47)27-48-26-29)23-38(42(44,45)46)52-39(49-40)24-41(31-7-5-4-6-8-31,32-12-16-34(50-2)17-13-32)33-14-18-35(51-3)19-15-33/h4-8,11-22,26-27,38H,23-24H2,1-3H3/t38-,40-/m0/s1. The van der Waals surface area contributed by atoms with Crippen molar-refractivity contribution in [2.45, 2.75) is 43.0 Å². The SMILES string of the molecule is COc1ccc(C(CC2=N[C@](C)(c3cc(C#Cc4cncc(C#N)c4)ccc3F)C[C@@H](C(F)(F)F)O2)(c2ccccc2)c2ccc(OC)cc2)cc1. The first kappa shape index (κ1) is 35.7. The Labute approximate surface area is 299 Å². The number of aliphatic imine (C=N–C) groups is 1. The molecular weight excluding hydrogens is 670 g/mol. The minimum Gasteiger partial charge on any atom is -0.497 e. The fraction of sp³-hybridized carbons (Fsp3) is 0.214. The number of pyridine rings is 1. The molecule has 10 heteroatoms. The zero-order chi connectivity index (χ0) is 36.9. The molecule has 0 fully saturated rings. The number of hydrogen-bond donors (Lipinski definition) is 0. The minimum absolute atomic E-state index is 0.0579. The van der Waals surface area contributed by atoms with E-state index in [4.69, 9.17) is 19.2 Å². The van der Waals surface area contributed by atoms with Gasteiger partial charge in [0.1, 0.15) is 23.4 Å². The van der Waals surface area contributed by atoms with E-state index >= 15 is 4.39 Å². The number of aromatic nitrogens is 1. The Balaban J connectivity index is 1.52. The van der Waals surface area contributed by atoms with E-state index in [2.05, 4.69) is 16.8 Å². The molecule has 0 saturated heterocycles. The van der Waals surface area contributed by atoms with E-state index in [0.717, 1.165) is 16.7 Å². The summed E-state index contributed by atoms with van der Waals surface area (Å²) < 4.78 is 76.6. The molecule has 6 rings (SSSR count). The van der Waals surface area contributed by atoms with Crippen LogP contribution in [-0.2, 0) is 15.7 Å². The number of rotatable bonds is 8. The molecule has 0 amide bonds. The molecule has 0 spiro atoms. The summed E-state index contributed by atoms with van der Waals surface area (Å²) in [7, 11) is 3.10. The lowest BCUT2D eigenvalue weighted by atomic mass is 9.67. The Morgan fingerprint density at radius 1 is 0.788 bits per heavy atom. The van der Waals surface area contributed by atoms with Crippen LogP contribution in [0.1, 0.15) is 58.7 Å². The normalized spacial score (nSPS) is 17.1. The van der Waals surface area contributed by atoms with Gasteiger partial charge in [-0.05, 0) is 72.1 Å². The topological polar surface area (TPSA) is 76.7 Å². The highest BCUT2D eigenvalue weighted by atomic mass is 19.4. The van der Waals surface area contributed by atoms with E-state index in [9.17, 15) is 18.4 Å². The highest BCUT2D eigenvalue weighted by molar-refractivity contribution is 5.82. The van der Waals surface area contributed by atoms with Gasteiger partial charge in [0.2, 0.25) is 0 Å². The molecular formula is C42H33F4N3O3. The molecule has 1 aliphatic heterocycles. The quantitative estimate of drug-likeness (QED) is 0.0917. The first-order valence-electron chi connectivity index (χ1n) is 16.3. The van der Waals surface area contributed by atoms with Crippen LogP contribution < -0.4 is 9.47 Å². The number of ether oxygens (including phenoxy) is 3. The van der Waals surface area contributed by atoms with Crippen molar-refractivity contribution in [3.63, 3.8) is 0 Å². The van der Waals surface area contributed by atoms with E-state index in [1.807, 2.05) is 60.7 Å². The molecule has 6 nitrogen and oxygen atoms in total. The molecule has 0 radical (unpaired) electrons. The summed E-state index contributed by atoms with van der Waals surface area (Å²) >= 11 is 0. The summed E-state index contributed by atoms with van der Waals surface area (Å²) in [4.78, 5) is 8.83. The van der Waals surface area contributed by atoms with Crippen molar-refractivity contribution < 1.29 is 31.8 Å². The monoisotopic (exact) mass is 703 g/mol. The van der Waals surface area contributed by atoms with Gasteiger partial charge in [0.15, 0.2) is 12.0 Å². The fourth-order valence-corrected chi connectivity index (χ4v) is 6.58. The molecule has 0 aliphatic carbocycles. The fourth-order valence-electron chi connectivity index (χ4n) is 6.58. The summed E-state index contributed by atoms with van der Waals surface area (Å²) in [5, 5.41) is 9.20. The molecule has 1 aliphatic rings. The van der Waals surface area contributed by atoms with Crippen molar-refractivity contribution in [3.05, 3.63) is 160 Å². The molecule has 0 unspecified atom stereocenters. The van der Waals surface area contributed by atoms with Crippen molar-refractivity contribution in [3.8, 4) is 29.4 Å². The summed E-state index contributed by atoms with van der Waals surface area (Å²) in [5.74, 6) is 6.10. The van der Waals surface area contributed by atoms with Crippen LogP contribution in [0.3, 0.4) is 0 Å². The zero-order valence-corrected chi connectivity index (χ0v) is 28.5. The van der Waals surface area contributed by atoms with Crippen molar-refractivity contribution in [2.24, 2.45) is 4.99 Å². The lowest BCUT2D eigenvalue weighted by Crippen LogP contribution is -2.46. The highest BCUT2D eigenvalue weighted by Crippen LogP contribution is 2.47. The maximum absolute atomic E-state index is 15.8. The van der Waals surface area contributed by atoms with Gasteiger partial charge in [0.25, 0.3) is 0 Å². The van der Waals surface area contributed by atoms with Gasteiger partial charge in [-0.15, -0.1) is 0 Å². The number of halogens is 4. The van der Waals surface area contributed by atoms with E-state index in [1.54, 1.807) is 44.6 Å². The largest absolute Gasteiger partial charge is 0.497 e. The Hall–Kier alpha value is -6.13. The van der Waals surface area contributed by atoms with Gasteiger partial charge in [-0.25, -0.2) is 9.38 Å². The van der Waals surface area contributed by atoms with Gasteiger partial charge >= 0.3 is 6.18 Å². The van der Waals surface area contributed by atoms with Crippen LogP contribution in [-0.4, -0.2) is 37.4 Å². The molecule has 1 aromatic heterocycles. The van der Waals surface area contributed by atoms with Gasteiger partial charge in [-0.1, -0.05) is 66.4 Å². The predicted molar refractivity (Wildman–Crippen MR) is 189 cm³/mol. The maximum atomic E-state index is 15.8. The van der Waals surface area contributed by atoms with Crippen LogP contribution in [0.5, 0.6) is 11.5 Å². The summed E-state index contributed by atoms with van der Waals surface area (Å²) in [6, 6.07) is 31.6. The third kappa shape index (κ3) is 7.33. The molecule has 0 saturated carbocycles. The minimum atomic E-state index is -4.79. The van der Waals surface area contributed by atoms with E-state index in [-0.39, 0.29) is 17.9 Å². The van der Waals surface area contributed by atoms with Crippen molar-refractivity contribution in [1.29, 1.82) is 5.26 Å². The molecule has 5 aromatic rings. The summed E-state index contributed by atoms with van der Waals surface area (Å²) in [6.45, 7) is 1.48. The first-order valence-corrected chi connectivity index (χ1v) is 16.3. The first-order chi connectivity index (χ1) is 25.0. The molecule has 4 aromatic carbocycles. The molecule has 2 heterocycles. The van der Waals surface area contributed by atoms with Crippen molar-refractivity contribution in [1.82, 2.24) is 4.98 Å². The van der Waals surface area contributed by atoms with E-state index in [1.165, 1.54) is 37.5 Å². The van der Waals surface area contributed by atoms with Crippen LogP contribution in [0.4, 0.5) is 17.6 Å². The van der Waals surface area contributed by atoms with Crippen LogP contribution >= 0.6 is 0 Å². The van der Waals surface area contributed by atoms with Gasteiger partial charge < -0.3 is 14.2 Å². The van der Waals surface area contributed by atoms with Gasteiger partial charge in [-0.2, -0.15) is 18.4 Å². The number of methoxy groups -OCH3 is 2. The van der Waals surface area contributed by atoms with Crippen LogP contribution in [0.2, 0.25) is 0 Å². The smallest absolute Gasteiger partial charge is 0.425 e. The second kappa shape index (κ2) is 14.6. The van der Waals surface area contributed by atoms with Crippen molar-refractivity contribution in [2.75, 3.05) is 14.2 Å². The maximum Gasteiger partial charge on any atom is 0.425 e. The van der Waals surface area contributed by atoms with E-state index in [0.29, 0.717) is 28.2 Å². The molecule has 0 bridgehead atoms. The Bertz CT molecular complexity index is 2140. The van der Waals surface area contributed by atoms with Crippen LogP contribution in [0.15, 0.2) is 121 Å². The lowest BCUT2D eigenvalue weighted by molar-refractivity contribution is -0.208. The van der Waals surface area contributed by atoms with Crippen molar-refractivity contribution >= 4 is 5.90 Å². The predicted octanol–water partition coefficient (Wildman–Crippen LogP) is 8.90. The van der Waals surface area contributed by atoms with Gasteiger partial charge in [0, 0.05) is 41.9 Å². The number of nitriles is 1. The van der Waals surface area contributed by atoms with Gasteiger partial charge in [-0.3, -0.25) is 4.98 Å². The number of nitrogens with zero attached hydrogens (tertiary/aromatic N) is 3. The second-order valence-electron chi connectivity index (χ2n) is 12.6. The van der Waals surface area contributed by atoms with Crippen LogP contribution in [0, 0.1) is 29.0 Å². The average Bonchev–Trinajstić information content (AvgIpc) is 3.16. The highest BCUT2D eigenvalue weighted by Gasteiger charge is 2.51. The lowest BCUT2D eigenvalue weighted by Gasteiger charge is -2.41. The third-order valence-corrected chi connectivity index (χ3v) is 9.21. The third-order valence-electron chi connectivity index (χ3n) is 9.21. The molecule has 2 atom stereocenters. The molecule has 262 valence electrons. The second-order valence-corrected chi connectivity index (χ2v) is 12.6. The number of alkyl halides is 3.